The summed E-state index contributed by atoms with van der Waals surface area (Å²) in [4.78, 5) is 8.97. The van der Waals surface area contributed by atoms with Gasteiger partial charge < -0.3 is 15.4 Å². The van der Waals surface area contributed by atoms with Gasteiger partial charge in [0.05, 0.1) is 6.61 Å². The molecule has 0 spiro atoms. The normalized spacial score (nSPS) is 11.7. The number of hydrogen-bond donors (Lipinski definition) is 2. The summed E-state index contributed by atoms with van der Waals surface area (Å²) >= 11 is 0. The molecule has 0 aliphatic heterocycles. The second-order valence-corrected chi connectivity index (χ2v) is 6.04. The maximum absolute atomic E-state index is 5.47. The lowest BCUT2D eigenvalue weighted by atomic mass is 10.1. The van der Waals surface area contributed by atoms with Gasteiger partial charge >= 0.3 is 0 Å². The van der Waals surface area contributed by atoms with E-state index in [0.717, 1.165) is 23.1 Å². The topological polar surface area (TPSA) is 59.1 Å². The molecule has 0 bridgehead atoms. The van der Waals surface area contributed by atoms with Crippen LogP contribution in [0.4, 0.5) is 17.3 Å². The average Bonchev–Trinajstić information content (AvgIpc) is 2.64. The molecule has 5 nitrogen and oxygen atoms in total. The third-order valence-corrected chi connectivity index (χ3v) is 3.94. The van der Waals surface area contributed by atoms with Gasteiger partial charge in [-0.05, 0) is 50.6 Å². The first kappa shape index (κ1) is 17.7. The molecule has 3 aromatic rings. The highest BCUT2D eigenvalue weighted by Crippen LogP contribution is 2.23. The molecule has 5 heteroatoms. The summed E-state index contributed by atoms with van der Waals surface area (Å²) in [5, 5.41) is 6.76. The lowest BCUT2D eigenvalue weighted by Gasteiger charge is -2.16. The first-order valence-electron chi connectivity index (χ1n) is 8.81. The van der Waals surface area contributed by atoms with Crippen LogP contribution in [0.25, 0.3) is 0 Å². The van der Waals surface area contributed by atoms with E-state index in [-0.39, 0.29) is 6.04 Å². The molecule has 1 aromatic heterocycles. The van der Waals surface area contributed by atoms with Gasteiger partial charge in [-0.1, -0.05) is 30.3 Å². The van der Waals surface area contributed by atoms with Gasteiger partial charge in [-0.2, -0.15) is 0 Å². The van der Waals surface area contributed by atoms with Gasteiger partial charge in [0, 0.05) is 17.8 Å². The number of ether oxygens (including phenoxy) is 1. The van der Waals surface area contributed by atoms with Gasteiger partial charge in [-0.15, -0.1) is 0 Å². The maximum atomic E-state index is 5.47. The largest absolute Gasteiger partial charge is 0.494 e. The Labute approximate surface area is 154 Å². The molecule has 0 amide bonds. The second-order valence-electron chi connectivity index (χ2n) is 6.04. The van der Waals surface area contributed by atoms with Gasteiger partial charge in [0.2, 0.25) is 0 Å². The molecule has 3 rings (SSSR count). The van der Waals surface area contributed by atoms with Crippen LogP contribution in [0.15, 0.2) is 60.7 Å². The number of nitrogens with zero attached hydrogens (tertiary/aromatic N) is 2. The van der Waals surface area contributed by atoms with E-state index in [1.807, 2.05) is 62.4 Å². The Morgan fingerprint density at radius 2 is 1.65 bits per heavy atom. The maximum Gasteiger partial charge on any atom is 0.136 e. The van der Waals surface area contributed by atoms with E-state index in [0.29, 0.717) is 12.4 Å². The number of anilines is 3. The number of benzene rings is 2. The molecular weight excluding hydrogens is 324 g/mol. The Bertz CT molecular complexity index is 834. The summed E-state index contributed by atoms with van der Waals surface area (Å²) in [5.74, 6) is 3.12. The van der Waals surface area contributed by atoms with Crippen LogP contribution in [0, 0.1) is 6.92 Å². The van der Waals surface area contributed by atoms with Crippen molar-refractivity contribution in [2.75, 3.05) is 17.2 Å². The fourth-order valence-corrected chi connectivity index (χ4v) is 2.70. The Hall–Kier alpha value is -3.08. The Morgan fingerprint density at radius 1 is 0.962 bits per heavy atom. The molecule has 0 fully saturated rings. The van der Waals surface area contributed by atoms with E-state index >= 15 is 0 Å². The summed E-state index contributed by atoms with van der Waals surface area (Å²) in [5.41, 5.74) is 2.17. The van der Waals surface area contributed by atoms with Crippen LogP contribution >= 0.6 is 0 Å². The van der Waals surface area contributed by atoms with Crippen molar-refractivity contribution in [1.82, 2.24) is 9.97 Å². The molecule has 0 radical (unpaired) electrons. The van der Waals surface area contributed by atoms with E-state index in [2.05, 4.69) is 39.7 Å². The Balaban J connectivity index is 1.73. The van der Waals surface area contributed by atoms with Gasteiger partial charge in [0.25, 0.3) is 0 Å². The second kappa shape index (κ2) is 8.34. The van der Waals surface area contributed by atoms with Crippen LogP contribution in [0.3, 0.4) is 0 Å². The van der Waals surface area contributed by atoms with E-state index in [9.17, 15) is 0 Å². The predicted octanol–water partition coefficient (Wildman–Crippen LogP) is 5.10. The number of rotatable bonds is 7. The fourth-order valence-electron chi connectivity index (χ4n) is 2.70. The van der Waals surface area contributed by atoms with Crippen LogP contribution in [0.1, 0.15) is 31.3 Å². The first-order valence-corrected chi connectivity index (χ1v) is 8.81. The van der Waals surface area contributed by atoms with Crippen LogP contribution in [-0.4, -0.2) is 16.6 Å². The monoisotopic (exact) mass is 348 g/mol. The van der Waals surface area contributed by atoms with E-state index < -0.39 is 0 Å². The van der Waals surface area contributed by atoms with Crippen LogP contribution in [-0.2, 0) is 0 Å². The molecule has 134 valence electrons. The van der Waals surface area contributed by atoms with Gasteiger partial charge in [0.15, 0.2) is 0 Å². The molecular formula is C21H24N4O. The summed E-state index contributed by atoms with van der Waals surface area (Å²) < 4.78 is 5.47. The molecule has 26 heavy (non-hydrogen) atoms. The molecule has 1 heterocycles. The number of hydrogen-bond acceptors (Lipinski definition) is 5. The number of aromatic nitrogens is 2. The highest BCUT2D eigenvalue weighted by atomic mass is 16.5. The first-order chi connectivity index (χ1) is 12.6. The van der Waals surface area contributed by atoms with Crippen molar-refractivity contribution in [3.05, 3.63) is 72.1 Å². The van der Waals surface area contributed by atoms with Gasteiger partial charge in [-0.25, -0.2) is 9.97 Å². The third kappa shape index (κ3) is 4.72. The van der Waals surface area contributed by atoms with Gasteiger partial charge in [0.1, 0.15) is 23.2 Å². The van der Waals surface area contributed by atoms with Gasteiger partial charge in [-0.3, -0.25) is 0 Å². The summed E-state index contributed by atoms with van der Waals surface area (Å²) in [7, 11) is 0. The quantitative estimate of drug-likeness (QED) is 0.622. The van der Waals surface area contributed by atoms with E-state index in [1.165, 1.54) is 5.56 Å². The highest BCUT2D eigenvalue weighted by Gasteiger charge is 2.08. The molecule has 0 aliphatic rings. The molecule has 0 aliphatic carbocycles. The fraction of sp³-hybridized carbons (Fsp3) is 0.238. The lowest BCUT2D eigenvalue weighted by Crippen LogP contribution is -2.09. The lowest BCUT2D eigenvalue weighted by molar-refractivity contribution is 0.340. The van der Waals surface area contributed by atoms with Crippen molar-refractivity contribution in [1.29, 1.82) is 0 Å². The zero-order valence-electron chi connectivity index (χ0n) is 15.4. The van der Waals surface area contributed by atoms with Crippen LogP contribution in [0.5, 0.6) is 5.75 Å². The summed E-state index contributed by atoms with van der Waals surface area (Å²) in [6.45, 7) is 6.64. The minimum absolute atomic E-state index is 0.156. The SMILES string of the molecule is CCOc1ccc(Nc2cc(NC(C)c3ccccc3)nc(C)n2)cc1. The van der Waals surface area contributed by atoms with Crippen molar-refractivity contribution in [3.8, 4) is 5.75 Å². The zero-order valence-corrected chi connectivity index (χ0v) is 15.4. The average molecular weight is 348 g/mol. The molecule has 0 saturated heterocycles. The Morgan fingerprint density at radius 3 is 2.35 bits per heavy atom. The zero-order chi connectivity index (χ0) is 18.4. The summed E-state index contributed by atoms with van der Waals surface area (Å²) in [6, 6.07) is 20.2. The van der Waals surface area contributed by atoms with Crippen molar-refractivity contribution in [2.24, 2.45) is 0 Å². The predicted molar refractivity (Wildman–Crippen MR) is 106 cm³/mol. The Kier molecular flexibility index (Phi) is 5.69. The number of nitrogens with one attached hydrogen (secondary N) is 2. The third-order valence-electron chi connectivity index (χ3n) is 3.94. The smallest absolute Gasteiger partial charge is 0.136 e. The molecule has 1 unspecified atom stereocenters. The van der Waals surface area contributed by atoms with Crippen molar-refractivity contribution < 1.29 is 4.74 Å². The minimum Gasteiger partial charge on any atom is -0.494 e. The van der Waals surface area contributed by atoms with E-state index in [1.54, 1.807) is 0 Å². The minimum atomic E-state index is 0.156. The van der Waals surface area contributed by atoms with E-state index in [4.69, 9.17) is 4.74 Å². The summed E-state index contributed by atoms with van der Waals surface area (Å²) in [6.07, 6.45) is 0. The van der Waals surface area contributed by atoms with Crippen molar-refractivity contribution in [2.45, 2.75) is 26.8 Å². The van der Waals surface area contributed by atoms with Crippen molar-refractivity contribution in [3.63, 3.8) is 0 Å². The van der Waals surface area contributed by atoms with Crippen LogP contribution in [0.2, 0.25) is 0 Å². The van der Waals surface area contributed by atoms with Crippen molar-refractivity contribution >= 4 is 17.3 Å². The number of aryl methyl sites for hydroxylation is 1. The standard InChI is InChI=1S/C21H24N4O/c1-4-26-19-12-10-18(11-13-19)25-21-14-20(23-16(3)24-21)22-15(2)17-8-6-5-7-9-17/h5-15H,4H2,1-3H3,(H2,22,23,24,25). The molecule has 2 aromatic carbocycles. The molecule has 1 atom stereocenters. The highest BCUT2D eigenvalue weighted by molar-refractivity contribution is 5.60. The van der Waals surface area contributed by atoms with Crippen LogP contribution < -0.4 is 15.4 Å². The molecule has 0 saturated carbocycles. The molecule has 2 N–H and O–H groups in total.